The zero-order valence-corrected chi connectivity index (χ0v) is 49.4. The molecule has 7 heterocycles. The second-order valence-electron chi connectivity index (χ2n) is 23.4. The average molecular weight is 1190 g/mol. The Hall–Kier alpha value is -12.9. The van der Waals surface area contributed by atoms with E-state index >= 15 is 0 Å². The number of nitrogens with zero attached hydrogens (tertiary/aromatic N) is 8. The molecule has 0 aliphatic rings. The Bertz CT molecular complexity index is 6280. The first-order valence-electron chi connectivity index (χ1n) is 30.7. The lowest BCUT2D eigenvalue weighted by atomic mass is 9.94. The number of fused-ring (bicyclic) bond motifs is 12. The van der Waals surface area contributed by atoms with Gasteiger partial charge < -0.3 is 13.3 Å². The molecule has 11 heteroatoms. The lowest BCUT2D eigenvalue weighted by Gasteiger charge is -2.12. The van der Waals surface area contributed by atoms with Crippen molar-refractivity contribution >= 4 is 98.1 Å². The molecule has 0 amide bonds. The molecule has 11 nitrogen and oxygen atoms in total. The molecule has 0 aliphatic carbocycles. The van der Waals surface area contributed by atoms with E-state index < -0.39 is 0 Å². The van der Waals surface area contributed by atoms with Gasteiger partial charge in [-0.05, 0) is 133 Å². The summed E-state index contributed by atoms with van der Waals surface area (Å²) >= 11 is 0. The molecule has 0 saturated heterocycles. The summed E-state index contributed by atoms with van der Waals surface area (Å²) in [6.45, 7) is 0. The van der Waals surface area contributed by atoms with Crippen LogP contribution in [0, 0.1) is 0 Å². The van der Waals surface area contributed by atoms with Crippen molar-refractivity contribution in [2.75, 3.05) is 0 Å². The molecule has 0 fully saturated rings. The predicted molar refractivity (Wildman–Crippen MR) is 372 cm³/mol. The number of benzene rings is 12. The highest BCUT2D eigenvalue weighted by molar-refractivity contribution is 6.18. The molecule has 0 bridgehead atoms. The molecular weight excluding hydrogens is 1140 g/mol. The highest BCUT2D eigenvalue weighted by Crippen LogP contribution is 2.45. The summed E-state index contributed by atoms with van der Waals surface area (Å²) in [6.07, 6.45) is 7.15. The summed E-state index contributed by atoms with van der Waals surface area (Å²) in [6, 6.07) is 87.9. The molecular formula is C82H46N8O3. The SMILES string of the molecule is c1ccc(-c2nc(-c3ccc4ccc(-c5ccc6cc(-c7ccc(-c8nc(-c9ccccc9)nc(-c9cccc%10oc%11ccccc%11c9%10)n8)c8c7oc7cnccc78)ccc6c5)cc4c3)nc(-c3ccc(-c4ccc5ccccc5c4)c4oc5cnccc5c34)n2)cc1. The molecule has 0 unspecified atom stereocenters. The van der Waals surface area contributed by atoms with Gasteiger partial charge >= 0.3 is 0 Å². The van der Waals surface area contributed by atoms with E-state index in [1.807, 2.05) is 103 Å². The van der Waals surface area contributed by atoms with Crippen LogP contribution in [0.15, 0.2) is 293 Å². The summed E-state index contributed by atoms with van der Waals surface area (Å²) in [5, 5.41) is 12.3. The Kier molecular flexibility index (Phi) is 11.7. The smallest absolute Gasteiger partial charge is 0.164 e. The molecule has 0 N–H and O–H groups in total. The number of rotatable bonds is 9. The van der Waals surface area contributed by atoms with Crippen molar-refractivity contribution in [2.24, 2.45) is 0 Å². The highest BCUT2D eigenvalue weighted by Gasteiger charge is 2.25. The quantitative estimate of drug-likeness (QED) is 0.136. The first-order chi connectivity index (χ1) is 46.0. The van der Waals surface area contributed by atoms with Crippen LogP contribution in [-0.4, -0.2) is 39.9 Å². The molecule has 93 heavy (non-hydrogen) atoms. The van der Waals surface area contributed by atoms with Gasteiger partial charge in [0.25, 0.3) is 0 Å². The Morgan fingerprint density at radius 3 is 1.22 bits per heavy atom. The molecule has 432 valence electrons. The number of hydrogen-bond donors (Lipinski definition) is 0. The van der Waals surface area contributed by atoms with Crippen LogP contribution in [0.3, 0.4) is 0 Å². The maximum absolute atomic E-state index is 6.83. The van der Waals surface area contributed by atoms with Crippen molar-refractivity contribution in [3.8, 4) is 102 Å². The Morgan fingerprint density at radius 1 is 0.215 bits per heavy atom. The van der Waals surface area contributed by atoms with Crippen molar-refractivity contribution in [3.63, 3.8) is 0 Å². The van der Waals surface area contributed by atoms with Gasteiger partial charge in [-0.1, -0.05) is 176 Å². The summed E-state index contributed by atoms with van der Waals surface area (Å²) < 4.78 is 19.9. The van der Waals surface area contributed by atoms with E-state index in [0.717, 1.165) is 143 Å². The van der Waals surface area contributed by atoms with Crippen LogP contribution in [0.2, 0.25) is 0 Å². The maximum Gasteiger partial charge on any atom is 0.164 e. The predicted octanol–water partition coefficient (Wildman–Crippen LogP) is 21.0. The van der Waals surface area contributed by atoms with E-state index in [9.17, 15) is 0 Å². The molecule has 0 radical (unpaired) electrons. The van der Waals surface area contributed by atoms with Crippen LogP contribution in [0.4, 0.5) is 0 Å². The van der Waals surface area contributed by atoms with Crippen LogP contribution in [-0.2, 0) is 0 Å². The molecule has 19 rings (SSSR count). The molecule has 0 spiro atoms. The van der Waals surface area contributed by atoms with E-state index in [1.54, 1.807) is 24.8 Å². The summed E-state index contributed by atoms with van der Waals surface area (Å²) in [5.41, 5.74) is 15.6. The topological polar surface area (TPSA) is 143 Å². The number of pyridine rings is 2. The Labute approximate surface area is 529 Å². The molecule has 7 aromatic heterocycles. The minimum atomic E-state index is 0.520. The Morgan fingerprint density at radius 2 is 0.613 bits per heavy atom. The third kappa shape index (κ3) is 8.74. The van der Waals surface area contributed by atoms with E-state index in [0.29, 0.717) is 51.7 Å². The standard InChI is InChI=1S/C82H46N8O3/c1-3-13-49(14-4-1)77-85-79(89-81(86-77)66-34-32-60(56-29-23-47-12-7-8-17-51(47)41-56)75-73(66)63-36-38-83-45-70(63)92-75)58-31-24-48-22-25-55(43-59(48)44-58)52-26-27-54-42-57(30-28-53(54)40-52)61-33-35-67(74-64-37-39-84-46-71(64)93-76(61)74)82-88-78(50-15-5-2-6-16-50)87-80(90-82)65-19-11-21-69-72(65)62-18-9-10-20-68(62)91-69/h1-46H. The van der Waals surface area contributed by atoms with Crippen LogP contribution in [0.25, 0.3) is 200 Å². The van der Waals surface area contributed by atoms with Crippen molar-refractivity contribution in [3.05, 3.63) is 280 Å². The summed E-state index contributed by atoms with van der Waals surface area (Å²) in [7, 11) is 0. The number of aromatic nitrogens is 8. The van der Waals surface area contributed by atoms with Crippen molar-refractivity contribution in [1.29, 1.82) is 0 Å². The van der Waals surface area contributed by atoms with Crippen molar-refractivity contribution in [2.45, 2.75) is 0 Å². The Balaban J connectivity index is 0.688. The highest BCUT2D eigenvalue weighted by atomic mass is 16.3. The van der Waals surface area contributed by atoms with E-state index in [1.165, 1.54) is 5.39 Å². The fourth-order valence-corrected chi connectivity index (χ4v) is 13.4. The third-order valence-electron chi connectivity index (χ3n) is 18.0. The first-order valence-corrected chi connectivity index (χ1v) is 30.7. The lowest BCUT2D eigenvalue weighted by molar-refractivity contribution is 0.667. The molecule has 19 aromatic rings. The number of hydrogen-bond acceptors (Lipinski definition) is 11. The van der Waals surface area contributed by atoms with Crippen molar-refractivity contribution < 1.29 is 13.3 Å². The lowest BCUT2D eigenvalue weighted by Crippen LogP contribution is -2.01. The zero-order chi connectivity index (χ0) is 61.1. The second-order valence-corrected chi connectivity index (χ2v) is 23.4. The number of para-hydroxylation sites is 1. The minimum absolute atomic E-state index is 0.520. The van der Waals surface area contributed by atoms with Gasteiger partial charge in [0, 0.05) is 89.2 Å². The average Bonchev–Trinajstić information content (AvgIpc) is 1.69. The minimum Gasteiger partial charge on any atom is -0.456 e. The van der Waals surface area contributed by atoms with Gasteiger partial charge in [-0.15, -0.1) is 0 Å². The van der Waals surface area contributed by atoms with Gasteiger partial charge in [-0.3, -0.25) is 9.97 Å². The molecule has 0 saturated carbocycles. The first kappa shape index (κ1) is 52.1. The third-order valence-corrected chi connectivity index (χ3v) is 18.0. The van der Waals surface area contributed by atoms with Crippen LogP contribution in [0.1, 0.15) is 0 Å². The van der Waals surface area contributed by atoms with Crippen LogP contribution >= 0.6 is 0 Å². The zero-order valence-electron chi connectivity index (χ0n) is 49.4. The summed E-state index contributed by atoms with van der Waals surface area (Å²) in [5.74, 6) is 3.29. The van der Waals surface area contributed by atoms with E-state index in [-0.39, 0.29) is 0 Å². The second kappa shape index (κ2) is 20.9. The van der Waals surface area contributed by atoms with Gasteiger partial charge in [0.1, 0.15) is 22.3 Å². The fraction of sp³-hybridized carbons (Fsp3) is 0. The van der Waals surface area contributed by atoms with Crippen LogP contribution < -0.4 is 0 Å². The molecule has 12 aromatic carbocycles. The fourth-order valence-electron chi connectivity index (χ4n) is 13.4. The number of furan rings is 3. The van der Waals surface area contributed by atoms with Crippen LogP contribution in [0.5, 0.6) is 0 Å². The van der Waals surface area contributed by atoms with Gasteiger partial charge in [0.05, 0.1) is 12.4 Å². The molecule has 0 aliphatic heterocycles. The van der Waals surface area contributed by atoms with Crippen molar-refractivity contribution in [1.82, 2.24) is 39.9 Å². The van der Waals surface area contributed by atoms with E-state index in [4.69, 9.17) is 43.2 Å². The summed E-state index contributed by atoms with van der Waals surface area (Å²) in [4.78, 5) is 40.3. The van der Waals surface area contributed by atoms with E-state index in [2.05, 4.69) is 162 Å². The molecule has 0 atom stereocenters. The maximum atomic E-state index is 6.83. The monoisotopic (exact) mass is 1190 g/mol. The van der Waals surface area contributed by atoms with Gasteiger partial charge in [0.2, 0.25) is 0 Å². The normalized spacial score (nSPS) is 11.9. The van der Waals surface area contributed by atoms with Gasteiger partial charge in [-0.25, -0.2) is 29.9 Å². The van der Waals surface area contributed by atoms with Gasteiger partial charge in [-0.2, -0.15) is 0 Å². The largest absolute Gasteiger partial charge is 0.456 e. The van der Waals surface area contributed by atoms with Gasteiger partial charge in [0.15, 0.2) is 46.1 Å².